The van der Waals surface area contributed by atoms with E-state index in [1.165, 1.54) is 24.4 Å². The largest absolute Gasteiger partial charge is 0.381 e. The van der Waals surface area contributed by atoms with Crippen molar-refractivity contribution in [3.05, 3.63) is 84.1 Å². The highest BCUT2D eigenvalue weighted by Gasteiger charge is 2.26. The van der Waals surface area contributed by atoms with Crippen LogP contribution in [0.5, 0.6) is 0 Å². The van der Waals surface area contributed by atoms with Gasteiger partial charge in [0.15, 0.2) is 5.82 Å². The molecule has 5 rings (SSSR count). The first kappa shape index (κ1) is 25.4. The topological polar surface area (TPSA) is 110 Å². The van der Waals surface area contributed by atoms with Crippen LogP contribution in [0.1, 0.15) is 24.6 Å². The Morgan fingerprint density at radius 3 is 2.61 bits per heavy atom. The molecule has 8 nitrogen and oxygen atoms in total. The number of nitrogens with one attached hydrogen (secondary N) is 1. The molecule has 1 aliphatic rings. The minimum absolute atomic E-state index is 0.00535. The lowest BCUT2D eigenvalue weighted by atomic mass is 10.0. The molecule has 0 radical (unpaired) electrons. The standard InChI is InChI=1S/C26H20F3N5O3S/c27-17-4-5-22(28)24(13-17)38(35,36)33-23-3-1-2-20(25(23)29)26-21(16-6-9-31-18(12-16)14-30)15-34(32-26)19-7-10-37-11-8-19/h1-6,9,12-13,15,19,33H,7-8,10-11H2. The smallest absolute Gasteiger partial charge is 0.265 e. The van der Waals surface area contributed by atoms with Gasteiger partial charge in [-0.25, -0.2) is 26.6 Å². The van der Waals surface area contributed by atoms with Gasteiger partial charge in [0.2, 0.25) is 0 Å². The zero-order valence-corrected chi connectivity index (χ0v) is 20.6. The molecule has 2 aromatic carbocycles. The van der Waals surface area contributed by atoms with E-state index >= 15 is 4.39 Å². The van der Waals surface area contributed by atoms with Crippen LogP contribution in [-0.2, 0) is 14.8 Å². The minimum atomic E-state index is -4.66. The van der Waals surface area contributed by atoms with Crippen molar-refractivity contribution in [3.8, 4) is 28.5 Å². The van der Waals surface area contributed by atoms with Crippen LogP contribution >= 0.6 is 0 Å². The highest BCUT2D eigenvalue weighted by atomic mass is 32.2. The lowest BCUT2D eigenvalue weighted by Crippen LogP contribution is -2.20. The lowest BCUT2D eigenvalue weighted by Gasteiger charge is -2.22. The van der Waals surface area contributed by atoms with Gasteiger partial charge in [0.1, 0.15) is 34.0 Å². The molecule has 1 fully saturated rings. The van der Waals surface area contributed by atoms with Gasteiger partial charge >= 0.3 is 0 Å². The summed E-state index contributed by atoms with van der Waals surface area (Å²) in [5, 5.41) is 14.0. The van der Waals surface area contributed by atoms with Crippen molar-refractivity contribution in [1.82, 2.24) is 14.8 Å². The first-order chi connectivity index (χ1) is 18.3. The molecule has 1 aliphatic heterocycles. The number of hydrogen-bond donors (Lipinski definition) is 1. The normalized spacial score (nSPS) is 14.3. The fourth-order valence-electron chi connectivity index (χ4n) is 4.27. The molecular formula is C26H20F3N5O3S. The summed E-state index contributed by atoms with van der Waals surface area (Å²) in [6.45, 7) is 1.09. The summed E-state index contributed by atoms with van der Waals surface area (Å²) in [4.78, 5) is 3.03. The second kappa shape index (κ2) is 10.3. The number of ether oxygens (including phenoxy) is 1. The molecule has 0 saturated carbocycles. The average Bonchev–Trinajstić information content (AvgIpc) is 3.37. The van der Waals surface area contributed by atoms with Gasteiger partial charge in [-0.1, -0.05) is 6.07 Å². The van der Waals surface area contributed by atoms with Crippen LogP contribution in [0.2, 0.25) is 0 Å². The predicted octanol–water partition coefficient (Wildman–Crippen LogP) is 5.05. The first-order valence-corrected chi connectivity index (χ1v) is 13.1. The highest BCUT2D eigenvalue weighted by molar-refractivity contribution is 7.92. The minimum Gasteiger partial charge on any atom is -0.381 e. The molecule has 4 aromatic rings. The Bertz CT molecular complexity index is 1660. The highest BCUT2D eigenvalue weighted by Crippen LogP contribution is 2.37. The van der Waals surface area contributed by atoms with E-state index in [1.807, 2.05) is 10.8 Å². The maximum Gasteiger partial charge on any atom is 0.265 e. The summed E-state index contributed by atoms with van der Waals surface area (Å²) >= 11 is 0. The number of anilines is 1. The van der Waals surface area contributed by atoms with E-state index in [0.717, 1.165) is 6.07 Å². The molecule has 38 heavy (non-hydrogen) atoms. The summed E-state index contributed by atoms with van der Waals surface area (Å²) in [5.41, 5.74) is 0.946. The Labute approximate surface area is 216 Å². The first-order valence-electron chi connectivity index (χ1n) is 11.6. The number of hydrogen-bond acceptors (Lipinski definition) is 6. The molecule has 0 bridgehead atoms. The van der Waals surface area contributed by atoms with Crippen LogP contribution in [0.3, 0.4) is 0 Å². The Morgan fingerprint density at radius 2 is 1.84 bits per heavy atom. The molecule has 0 unspecified atom stereocenters. The SMILES string of the molecule is N#Cc1cc(-c2cn(C3CCOCC3)nc2-c2cccc(NS(=O)(=O)c3cc(F)ccc3F)c2F)ccn1. The van der Waals surface area contributed by atoms with Crippen molar-refractivity contribution >= 4 is 15.7 Å². The number of pyridine rings is 1. The Kier molecular flexibility index (Phi) is 6.88. The lowest BCUT2D eigenvalue weighted by molar-refractivity contribution is 0.0663. The number of halogens is 3. The van der Waals surface area contributed by atoms with E-state index in [-0.39, 0.29) is 23.0 Å². The summed E-state index contributed by atoms with van der Waals surface area (Å²) < 4.78 is 78.4. The van der Waals surface area contributed by atoms with E-state index in [4.69, 9.17) is 4.74 Å². The van der Waals surface area contributed by atoms with Crippen molar-refractivity contribution in [3.63, 3.8) is 0 Å². The second-order valence-electron chi connectivity index (χ2n) is 8.60. The van der Waals surface area contributed by atoms with Crippen molar-refractivity contribution < 1.29 is 26.3 Å². The third-order valence-electron chi connectivity index (χ3n) is 6.16. The molecule has 0 amide bonds. The van der Waals surface area contributed by atoms with Crippen LogP contribution in [0, 0.1) is 28.8 Å². The molecule has 1 N–H and O–H groups in total. The van der Waals surface area contributed by atoms with Gasteiger partial charge in [0.05, 0.1) is 11.7 Å². The number of nitrogens with zero attached hydrogens (tertiary/aromatic N) is 4. The van der Waals surface area contributed by atoms with Gasteiger partial charge in [-0.05, 0) is 60.9 Å². The third-order valence-corrected chi connectivity index (χ3v) is 7.54. The monoisotopic (exact) mass is 539 g/mol. The number of benzene rings is 2. The molecule has 2 aromatic heterocycles. The Hall–Kier alpha value is -4.21. The fraction of sp³-hybridized carbons (Fsp3) is 0.192. The second-order valence-corrected chi connectivity index (χ2v) is 10.3. The number of nitriles is 1. The quantitative estimate of drug-likeness (QED) is 0.367. The van der Waals surface area contributed by atoms with Crippen molar-refractivity contribution in [2.24, 2.45) is 0 Å². The molecule has 12 heteroatoms. The van der Waals surface area contributed by atoms with Crippen LogP contribution in [-0.4, -0.2) is 36.4 Å². The zero-order valence-electron chi connectivity index (χ0n) is 19.7. The summed E-state index contributed by atoms with van der Waals surface area (Å²) in [5.74, 6) is -3.10. The van der Waals surface area contributed by atoms with Crippen LogP contribution in [0.25, 0.3) is 22.4 Å². The average molecular weight is 540 g/mol. The van der Waals surface area contributed by atoms with Crippen molar-refractivity contribution in [1.29, 1.82) is 5.26 Å². The Morgan fingerprint density at radius 1 is 1.05 bits per heavy atom. The van der Waals surface area contributed by atoms with E-state index in [1.54, 1.807) is 23.0 Å². The number of sulfonamides is 1. The molecular weight excluding hydrogens is 519 g/mol. The van der Waals surface area contributed by atoms with Gasteiger partial charge in [0.25, 0.3) is 10.0 Å². The molecule has 194 valence electrons. The van der Waals surface area contributed by atoms with Crippen LogP contribution < -0.4 is 4.72 Å². The molecule has 3 heterocycles. The van der Waals surface area contributed by atoms with Crippen LogP contribution in [0.4, 0.5) is 18.9 Å². The maximum atomic E-state index is 15.8. The predicted molar refractivity (Wildman–Crippen MR) is 132 cm³/mol. The van der Waals surface area contributed by atoms with E-state index in [2.05, 4.69) is 10.1 Å². The summed E-state index contributed by atoms with van der Waals surface area (Å²) in [6, 6.07) is 11.2. The van der Waals surface area contributed by atoms with Gasteiger partial charge in [-0.15, -0.1) is 0 Å². The maximum absolute atomic E-state index is 15.8. The molecule has 0 atom stereocenters. The van der Waals surface area contributed by atoms with E-state index in [0.29, 0.717) is 49.3 Å². The number of aromatic nitrogens is 3. The van der Waals surface area contributed by atoms with Gasteiger partial charge < -0.3 is 4.74 Å². The van der Waals surface area contributed by atoms with Crippen molar-refractivity contribution in [2.45, 2.75) is 23.8 Å². The van der Waals surface area contributed by atoms with E-state index in [9.17, 15) is 22.5 Å². The third kappa shape index (κ3) is 4.98. The fourth-order valence-corrected chi connectivity index (χ4v) is 5.42. The molecule has 1 saturated heterocycles. The van der Waals surface area contributed by atoms with Gasteiger partial charge in [-0.3, -0.25) is 9.40 Å². The van der Waals surface area contributed by atoms with E-state index < -0.39 is 38.1 Å². The van der Waals surface area contributed by atoms with Gasteiger partial charge in [-0.2, -0.15) is 10.4 Å². The summed E-state index contributed by atoms with van der Waals surface area (Å²) in [7, 11) is -4.66. The van der Waals surface area contributed by atoms with Crippen LogP contribution in [0.15, 0.2) is 65.8 Å². The molecule has 0 aliphatic carbocycles. The Balaban J connectivity index is 1.60. The van der Waals surface area contributed by atoms with Crippen molar-refractivity contribution in [2.75, 3.05) is 17.9 Å². The molecule has 0 spiro atoms. The number of rotatable bonds is 6. The van der Waals surface area contributed by atoms with Gasteiger partial charge in [0, 0.05) is 36.7 Å². The zero-order chi connectivity index (χ0) is 26.9. The summed E-state index contributed by atoms with van der Waals surface area (Å²) in [6.07, 6.45) is 4.60.